The van der Waals surface area contributed by atoms with E-state index >= 15 is 0 Å². The third kappa shape index (κ3) is 3.61. The van der Waals surface area contributed by atoms with Gasteiger partial charge in [-0.15, -0.1) is 0 Å². The van der Waals surface area contributed by atoms with Gasteiger partial charge in [0.15, 0.2) is 0 Å². The van der Waals surface area contributed by atoms with Crippen molar-refractivity contribution in [3.63, 3.8) is 0 Å². The largest absolute Gasteiger partial charge is 0.481 e. The SMILES string of the molecule is CC(Nc1cccc(CC(=O)O)c1)C(=O)O. The first-order valence-corrected chi connectivity index (χ1v) is 4.79. The van der Waals surface area contributed by atoms with Crippen LogP contribution in [-0.2, 0) is 16.0 Å². The fourth-order valence-corrected chi connectivity index (χ4v) is 1.26. The van der Waals surface area contributed by atoms with Gasteiger partial charge in [0.05, 0.1) is 6.42 Å². The Morgan fingerprint density at radius 3 is 2.62 bits per heavy atom. The first kappa shape index (κ1) is 12.0. The second-order valence-corrected chi connectivity index (χ2v) is 3.48. The molecule has 1 unspecified atom stereocenters. The molecule has 0 bridgehead atoms. The summed E-state index contributed by atoms with van der Waals surface area (Å²) in [6, 6.07) is 6.00. The summed E-state index contributed by atoms with van der Waals surface area (Å²) in [5, 5.41) is 20.1. The number of nitrogens with one attached hydrogen (secondary N) is 1. The lowest BCUT2D eigenvalue weighted by molar-refractivity contribution is -0.138. The normalized spacial score (nSPS) is 11.8. The molecule has 0 heterocycles. The van der Waals surface area contributed by atoms with Crippen molar-refractivity contribution in [3.8, 4) is 0 Å². The Balaban J connectivity index is 2.74. The fourth-order valence-electron chi connectivity index (χ4n) is 1.26. The maximum atomic E-state index is 10.6. The zero-order valence-corrected chi connectivity index (χ0v) is 8.80. The van der Waals surface area contributed by atoms with Crippen LogP contribution in [0.1, 0.15) is 12.5 Å². The van der Waals surface area contributed by atoms with Crippen LogP contribution >= 0.6 is 0 Å². The summed E-state index contributed by atoms with van der Waals surface area (Å²) >= 11 is 0. The van der Waals surface area contributed by atoms with E-state index in [0.717, 1.165) is 0 Å². The van der Waals surface area contributed by atoms with Crippen LogP contribution in [0.2, 0.25) is 0 Å². The van der Waals surface area contributed by atoms with Crippen LogP contribution in [0.5, 0.6) is 0 Å². The molecule has 5 heteroatoms. The minimum atomic E-state index is -0.955. The van der Waals surface area contributed by atoms with Crippen LogP contribution in [0.15, 0.2) is 24.3 Å². The topological polar surface area (TPSA) is 86.6 Å². The molecule has 0 spiro atoms. The summed E-state index contributed by atoms with van der Waals surface area (Å²) in [4.78, 5) is 21.1. The number of anilines is 1. The second kappa shape index (κ2) is 5.16. The van der Waals surface area contributed by atoms with Crippen molar-refractivity contribution in [2.45, 2.75) is 19.4 Å². The van der Waals surface area contributed by atoms with Crippen molar-refractivity contribution in [1.29, 1.82) is 0 Å². The predicted molar refractivity (Wildman–Crippen MR) is 58.5 cm³/mol. The molecule has 1 rings (SSSR count). The van der Waals surface area contributed by atoms with Gasteiger partial charge in [-0.05, 0) is 24.6 Å². The van der Waals surface area contributed by atoms with Gasteiger partial charge in [-0.3, -0.25) is 9.59 Å². The van der Waals surface area contributed by atoms with Crippen LogP contribution < -0.4 is 5.32 Å². The fraction of sp³-hybridized carbons (Fsp3) is 0.273. The quantitative estimate of drug-likeness (QED) is 0.698. The van der Waals surface area contributed by atoms with Crippen LogP contribution in [0.3, 0.4) is 0 Å². The van der Waals surface area contributed by atoms with Gasteiger partial charge in [-0.25, -0.2) is 0 Å². The number of aliphatic carboxylic acids is 2. The molecule has 0 aliphatic carbocycles. The third-order valence-corrected chi connectivity index (χ3v) is 2.04. The Bertz CT molecular complexity index is 403. The molecule has 1 atom stereocenters. The van der Waals surface area contributed by atoms with Crippen LogP contribution in [-0.4, -0.2) is 28.2 Å². The molecular formula is C11H13NO4. The minimum Gasteiger partial charge on any atom is -0.481 e. The highest BCUT2D eigenvalue weighted by Gasteiger charge is 2.10. The average Bonchev–Trinajstić information content (AvgIpc) is 2.16. The van der Waals surface area contributed by atoms with E-state index < -0.39 is 18.0 Å². The van der Waals surface area contributed by atoms with Crippen molar-refractivity contribution in [3.05, 3.63) is 29.8 Å². The molecule has 3 N–H and O–H groups in total. The highest BCUT2D eigenvalue weighted by molar-refractivity contribution is 5.77. The van der Waals surface area contributed by atoms with E-state index in [2.05, 4.69) is 5.32 Å². The third-order valence-electron chi connectivity index (χ3n) is 2.04. The van der Waals surface area contributed by atoms with Crippen LogP contribution in [0.25, 0.3) is 0 Å². The summed E-state index contributed by atoms with van der Waals surface area (Å²) in [6.07, 6.45) is -0.0724. The number of carboxylic acids is 2. The molecule has 1 aromatic carbocycles. The van der Waals surface area contributed by atoms with Crippen molar-refractivity contribution < 1.29 is 19.8 Å². The number of benzene rings is 1. The van der Waals surface area contributed by atoms with Gasteiger partial charge in [0.2, 0.25) is 0 Å². The predicted octanol–water partition coefficient (Wildman–Crippen LogP) is 1.20. The second-order valence-electron chi connectivity index (χ2n) is 3.48. The van der Waals surface area contributed by atoms with Gasteiger partial charge in [0.25, 0.3) is 0 Å². The van der Waals surface area contributed by atoms with Crippen LogP contribution in [0.4, 0.5) is 5.69 Å². The molecule has 86 valence electrons. The number of hydrogen-bond donors (Lipinski definition) is 3. The molecule has 0 aromatic heterocycles. The summed E-state index contributed by atoms with van der Waals surface area (Å²) in [5.41, 5.74) is 1.24. The molecule has 0 amide bonds. The lowest BCUT2D eigenvalue weighted by Gasteiger charge is -2.11. The Morgan fingerprint density at radius 1 is 1.38 bits per heavy atom. The van der Waals surface area contributed by atoms with Gasteiger partial charge in [0.1, 0.15) is 6.04 Å². The van der Waals surface area contributed by atoms with E-state index in [1.807, 2.05) is 0 Å². The number of hydrogen-bond acceptors (Lipinski definition) is 3. The van der Waals surface area contributed by atoms with E-state index in [4.69, 9.17) is 10.2 Å². The highest BCUT2D eigenvalue weighted by Crippen LogP contribution is 2.12. The zero-order valence-electron chi connectivity index (χ0n) is 8.80. The minimum absolute atomic E-state index is 0.0724. The first-order valence-electron chi connectivity index (χ1n) is 4.79. The molecule has 16 heavy (non-hydrogen) atoms. The first-order chi connectivity index (χ1) is 7.49. The Morgan fingerprint density at radius 2 is 2.06 bits per heavy atom. The standard InChI is InChI=1S/C11H13NO4/c1-7(11(15)16)12-9-4-2-3-8(5-9)6-10(13)14/h2-5,7,12H,6H2,1H3,(H,13,14)(H,15,16). The molecule has 0 saturated heterocycles. The maximum absolute atomic E-state index is 10.6. The molecule has 5 nitrogen and oxygen atoms in total. The lowest BCUT2D eigenvalue weighted by atomic mass is 10.1. The van der Waals surface area contributed by atoms with Crippen LogP contribution in [0, 0.1) is 0 Å². The van der Waals surface area contributed by atoms with Gasteiger partial charge in [-0.2, -0.15) is 0 Å². The smallest absolute Gasteiger partial charge is 0.325 e. The summed E-state index contributed by atoms with van der Waals surface area (Å²) in [7, 11) is 0. The Labute approximate surface area is 92.7 Å². The summed E-state index contributed by atoms with van der Waals surface area (Å²) in [5.74, 6) is -1.87. The number of carboxylic acid groups (broad SMARTS) is 2. The van der Waals surface area contributed by atoms with E-state index in [9.17, 15) is 9.59 Å². The molecule has 0 radical (unpaired) electrons. The molecule has 0 aliphatic rings. The number of rotatable bonds is 5. The Kier molecular flexibility index (Phi) is 3.88. The van der Waals surface area contributed by atoms with E-state index in [-0.39, 0.29) is 6.42 Å². The van der Waals surface area contributed by atoms with E-state index in [1.165, 1.54) is 6.92 Å². The highest BCUT2D eigenvalue weighted by atomic mass is 16.4. The summed E-state index contributed by atoms with van der Waals surface area (Å²) < 4.78 is 0. The maximum Gasteiger partial charge on any atom is 0.325 e. The van der Waals surface area contributed by atoms with Gasteiger partial charge in [0, 0.05) is 5.69 Å². The van der Waals surface area contributed by atoms with Crippen molar-refractivity contribution in [1.82, 2.24) is 0 Å². The van der Waals surface area contributed by atoms with Gasteiger partial charge in [-0.1, -0.05) is 12.1 Å². The van der Waals surface area contributed by atoms with Crippen molar-refractivity contribution >= 4 is 17.6 Å². The average molecular weight is 223 g/mol. The zero-order chi connectivity index (χ0) is 12.1. The number of carbonyl (C=O) groups is 2. The molecular weight excluding hydrogens is 210 g/mol. The van der Waals surface area contributed by atoms with Crippen molar-refractivity contribution in [2.75, 3.05) is 5.32 Å². The van der Waals surface area contributed by atoms with E-state index in [0.29, 0.717) is 11.3 Å². The van der Waals surface area contributed by atoms with Gasteiger partial charge < -0.3 is 15.5 Å². The lowest BCUT2D eigenvalue weighted by Crippen LogP contribution is -2.25. The van der Waals surface area contributed by atoms with E-state index in [1.54, 1.807) is 24.3 Å². The monoisotopic (exact) mass is 223 g/mol. The molecule has 0 aliphatic heterocycles. The van der Waals surface area contributed by atoms with Crippen molar-refractivity contribution in [2.24, 2.45) is 0 Å². The van der Waals surface area contributed by atoms with Gasteiger partial charge >= 0.3 is 11.9 Å². The Hall–Kier alpha value is -2.04. The molecule has 0 saturated carbocycles. The molecule has 1 aromatic rings. The summed E-state index contributed by atoms with van der Waals surface area (Å²) in [6.45, 7) is 1.52. The molecule has 0 fully saturated rings.